The lowest BCUT2D eigenvalue weighted by atomic mass is 10.0. The molecule has 2 aliphatic rings. The summed E-state index contributed by atoms with van der Waals surface area (Å²) in [5.74, 6) is 1.34. The SMILES string of the molecule is COc1cc2c(cc1Nc1ncc(Cl)c(Nc3ccccc3S(=O)(=O)C(C)C)n1)CCCN(C1CCNCC1)C2. The van der Waals surface area contributed by atoms with E-state index in [1.165, 1.54) is 30.2 Å². The number of para-hydroxylation sites is 1. The normalized spacial score (nSPS) is 16.8. The van der Waals surface area contributed by atoms with Gasteiger partial charge in [0.2, 0.25) is 5.95 Å². The maximum absolute atomic E-state index is 12.9. The van der Waals surface area contributed by atoms with E-state index in [2.05, 4.69) is 43.0 Å². The van der Waals surface area contributed by atoms with Crippen molar-refractivity contribution >= 4 is 44.6 Å². The maximum Gasteiger partial charge on any atom is 0.229 e. The number of ether oxygens (including phenoxy) is 1. The largest absolute Gasteiger partial charge is 0.495 e. The molecule has 0 bridgehead atoms. The Labute approximate surface area is 241 Å². The van der Waals surface area contributed by atoms with Crippen LogP contribution in [0.15, 0.2) is 47.5 Å². The molecular weight excluding hydrogens is 548 g/mol. The van der Waals surface area contributed by atoms with Crippen LogP contribution in [0.25, 0.3) is 0 Å². The van der Waals surface area contributed by atoms with E-state index in [0.29, 0.717) is 29.2 Å². The quantitative estimate of drug-likeness (QED) is 0.324. The van der Waals surface area contributed by atoms with Crippen LogP contribution in [0, 0.1) is 0 Å². The summed E-state index contributed by atoms with van der Waals surface area (Å²) in [7, 11) is -1.86. The summed E-state index contributed by atoms with van der Waals surface area (Å²) in [6.45, 7) is 7.48. The first-order valence-electron chi connectivity index (χ1n) is 13.8. The van der Waals surface area contributed by atoms with E-state index in [1.807, 2.05) is 0 Å². The van der Waals surface area contributed by atoms with Crippen LogP contribution in [0.1, 0.15) is 44.2 Å². The van der Waals surface area contributed by atoms with Gasteiger partial charge in [-0.3, -0.25) is 4.90 Å². The second-order valence-corrected chi connectivity index (χ2v) is 13.5. The third-order valence-electron chi connectivity index (χ3n) is 7.67. The number of piperidine rings is 1. The molecule has 0 saturated carbocycles. The third-order valence-corrected chi connectivity index (χ3v) is 10.2. The second kappa shape index (κ2) is 12.3. The van der Waals surface area contributed by atoms with Crippen LogP contribution in [-0.2, 0) is 22.8 Å². The van der Waals surface area contributed by atoms with Crippen molar-refractivity contribution < 1.29 is 13.2 Å². The standard InChI is InChI=1S/C29H37ClN6O3S/c1-19(2)40(37,38)27-9-5-4-8-24(27)33-28-23(30)17-32-29(35-28)34-25-15-20-7-6-14-36(22-10-12-31-13-11-22)18-21(20)16-26(25)39-3/h4-5,8-9,15-17,19,22,31H,6-7,10-14,18H2,1-3H3,(H2,32,33,34,35). The van der Waals surface area contributed by atoms with Gasteiger partial charge in [-0.2, -0.15) is 4.98 Å². The topological polar surface area (TPSA) is 108 Å². The van der Waals surface area contributed by atoms with Crippen molar-refractivity contribution in [2.24, 2.45) is 0 Å². The molecule has 5 rings (SSSR count). The van der Waals surface area contributed by atoms with E-state index in [0.717, 1.165) is 44.7 Å². The van der Waals surface area contributed by atoms with Gasteiger partial charge in [-0.05, 0) is 94.6 Å². The van der Waals surface area contributed by atoms with Crippen molar-refractivity contribution in [2.75, 3.05) is 37.4 Å². The summed E-state index contributed by atoms with van der Waals surface area (Å²) in [6.07, 6.45) is 5.96. The molecule has 0 unspecified atom stereocenters. The lowest BCUT2D eigenvalue weighted by Gasteiger charge is -2.34. The Morgan fingerprint density at radius 1 is 1.10 bits per heavy atom. The Morgan fingerprint density at radius 2 is 1.88 bits per heavy atom. The predicted molar refractivity (Wildman–Crippen MR) is 160 cm³/mol. The molecule has 0 radical (unpaired) electrons. The highest BCUT2D eigenvalue weighted by atomic mass is 35.5. The number of aryl methyl sites for hydroxylation is 1. The van der Waals surface area contributed by atoms with Crippen molar-refractivity contribution in [3.63, 3.8) is 0 Å². The number of sulfone groups is 1. The van der Waals surface area contributed by atoms with Gasteiger partial charge in [0.1, 0.15) is 10.8 Å². The van der Waals surface area contributed by atoms with Gasteiger partial charge in [-0.15, -0.1) is 0 Å². The molecule has 0 spiro atoms. The van der Waals surface area contributed by atoms with Crippen LogP contribution in [0.3, 0.4) is 0 Å². The van der Waals surface area contributed by atoms with E-state index in [1.54, 1.807) is 45.2 Å². The van der Waals surface area contributed by atoms with Crippen LogP contribution < -0.4 is 20.7 Å². The molecule has 3 N–H and O–H groups in total. The molecular formula is C29H37ClN6O3S. The van der Waals surface area contributed by atoms with Gasteiger partial charge in [0, 0.05) is 12.6 Å². The summed E-state index contributed by atoms with van der Waals surface area (Å²) in [4.78, 5) is 11.8. The first-order chi connectivity index (χ1) is 19.3. The van der Waals surface area contributed by atoms with Crippen LogP contribution in [-0.4, -0.2) is 61.3 Å². The van der Waals surface area contributed by atoms with Crippen molar-refractivity contribution in [3.05, 3.63) is 58.7 Å². The van der Waals surface area contributed by atoms with E-state index >= 15 is 0 Å². The molecule has 0 atom stereocenters. The molecule has 3 heterocycles. The van der Waals surface area contributed by atoms with Crippen LogP contribution in [0.2, 0.25) is 5.02 Å². The van der Waals surface area contributed by atoms with Crippen LogP contribution >= 0.6 is 11.6 Å². The zero-order valence-corrected chi connectivity index (χ0v) is 24.8. The Morgan fingerprint density at radius 3 is 2.62 bits per heavy atom. The zero-order chi connectivity index (χ0) is 28.3. The number of fused-ring (bicyclic) bond motifs is 1. The van der Waals surface area contributed by atoms with Crippen molar-refractivity contribution in [2.45, 2.75) is 62.3 Å². The summed E-state index contributed by atoms with van der Waals surface area (Å²) in [5.41, 5.74) is 3.76. The van der Waals surface area contributed by atoms with E-state index in [9.17, 15) is 8.42 Å². The second-order valence-electron chi connectivity index (χ2n) is 10.6. The van der Waals surface area contributed by atoms with Crippen molar-refractivity contribution in [1.29, 1.82) is 0 Å². The molecule has 1 aromatic heterocycles. The van der Waals surface area contributed by atoms with E-state index in [-0.39, 0.29) is 9.92 Å². The van der Waals surface area contributed by atoms with E-state index in [4.69, 9.17) is 16.3 Å². The smallest absolute Gasteiger partial charge is 0.229 e. The number of anilines is 4. The summed E-state index contributed by atoms with van der Waals surface area (Å²) in [5, 5.41) is 9.58. The monoisotopic (exact) mass is 584 g/mol. The molecule has 3 aromatic rings. The van der Waals surface area contributed by atoms with Gasteiger partial charge in [0.15, 0.2) is 15.7 Å². The van der Waals surface area contributed by atoms with Crippen LogP contribution in [0.4, 0.5) is 23.1 Å². The molecule has 0 amide bonds. The fourth-order valence-electron chi connectivity index (χ4n) is 5.40. The maximum atomic E-state index is 12.9. The van der Waals surface area contributed by atoms with Gasteiger partial charge < -0.3 is 20.7 Å². The number of benzene rings is 2. The van der Waals surface area contributed by atoms with Crippen molar-refractivity contribution in [1.82, 2.24) is 20.2 Å². The Bertz CT molecular complexity index is 1460. The summed E-state index contributed by atoms with van der Waals surface area (Å²) < 4.78 is 31.6. The molecule has 2 aliphatic heterocycles. The lowest BCUT2D eigenvalue weighted by molar-refractivity contribution is 0.156. The molecule has 40 heavy (non-hydrogen) atoms. The minimum Gasteiger partial charge on any atom is -0.495 e. The minimum absolute atomic E-state index is 0.195. The Kier molecular flexibility index (Phi) is 8.80. The number of rotatable bonds is 8. The molecule has 0 aliphatic carbocycles. The van der Waals surface area contributed by atoms with Gasteiger partial charge >= 0.3 is 0 Å². The molecule has 1 fully saturated rings. The number of methoxy groups -OCH3 is 1. The average molecular weight is 585 g/mol. The van der Waals surface area contributed by atoms with Gasteiger partial charge in [-0.25, -0.2) is 13.4 Å². The Balaban J connectivity index is 1.40. The van der Waals surface area contributed by atoms with Crippen molar-refractivity contribution in [3.8, 4) is 5.75 Å². The fraction of sp³-hybridized carbons (Fsp3) is 0.448. The number of halogens is 1. The fourth-order valence-corrected chi connectivity index (χ4v) is 6.74. The number of nitrogens with one attached hydrogen (secondary N) is 3. The van der Waals surface area contributed by atoms with E-state index < -0.39 is 15.1 Å². The minimum atomic E-state index is -3.52. The average Bonchev–Trinajstić information content (AvgIpc) is 3.17. The zero-order valence-electron chi connectivity index (χ0n) is 23.2. The predicted octanol–water partition coefficient (Wildman–Crippen LogP) is 5.31. The highest BCUT2D eigenvalue weighted by Gasteiger charge is 2.26. The number of nitrogens with zero attached hydrogens (tertiary/aromatic N) is 3. The summed E-state index contributed by atoms with van der Waals surface area (Å²) in [6, 6.07) is 11.6. The number of aromatic nitrogens is 2. The first-order valence-corrected chi connectivity index (χ1v) is 15.7. The molecule has 11 heteroatoms. The van der Waals surface area contributed by atoms with Gasteiger partial charge in [-0.1, -0.05) is 23.7 Å². The molecule has 1 saturated heterocycles. The lowest BCUT2D eigenvalue weighted by Crippen LogP contribution is -2.42. The molecule has 9 nitrogen and oxygen atoms in total. The van der Waals surface area contributed by atoms with Gasteiger partial charge in [0.05, 0.1) is 34.8 Å². The third kappa shape index (κ3) is 6.20. The molecule has 2 aromatic carbocycles. The van der Waals surface area contributed by atoms with Crippen LogP contribution in [0.5, 0.6) is 5.75 Å². The number of hydrogen-bond acceptors (Lipinski definition) is 9. The first kappa shape index (κ1) is 28.6. The highest BCUT2D eigenvalue weighted by Crippen LogP contribution is 2.35. The Hall–Kier alpha value is -2.92. The van der Waals surface area contributed by atoms with Gasteiger partial charge in [0.25, 0.3) is 0 Å². The number of hydrogen-bond donors (Lipinski definition) is 3. The highest BCUT2D eigenvalue weighted by molar-refractivity contribution is 7.92. The summed E-state index contributed by atoms with van der Waals surface area (Å²) >= 11 is 6.43. The molecule has 214 valence electrons.